The molecule has 0 saturated heterocycles. The van der Waals surface area contributed by atoms with E-state index in [1.165, 1.54) is 7.11 Å². The average molecular weight is 433 g/mol. The Hall–Kier alpha value is -3.57. The Balaban J connectivity index is 1.60. The summed E-state index contributed by atoms with van der Waals surface area (Å²) >= 11 is 6.35. The van der Waals surface area contributed by atoms with Crippen LogP contribution >= 0.6 is 11.6 Å². The lowest BCUT2D eigenvalue weighted by molar-refractivity contribution is -0.139. The number of esters is 1. The second kappa shape index (κ2) is 9.06. The zero-order chi connectivity index (χ0) is 21.8. The number of carbonyl (C=O) groups is 2. The number of methoxy groups -OCH3 is 1. The molecule has 1 heterocycles. The molecule has 3 aromatic carbocycles. The van der Waals surface area contributed by atoms with Crippen LogP contribution in [0.25, 0.3) is 10.9 Å². The molecule has 0 atom stereocenters. The van der Waals surface area contributed by atoms with Crippen molar-refractivity contribution in [1.82, 2.24) is 4.57 Å². The zero-order valence-corrected chi connectivity index (χ0v) is 17.7. The second-order valence-electron chi connectivity index (χ2n) is 7.19. The second-order valence-corrected chi connectivity index (χ2v) is 7.60. The van der Waals surface area contributed by atoms with Gasteiger partial charge in [0.15, 0.2) is 0 Å². The van der Waals surface area contributed by atoms with Crippen molar-refractivity contribution in [1.29, 1.82) is 0 Å². The molecule has 1 amide bonds. The fourth-order valence-electron chi connectivity index (χ4n) is 3.54. The molecule has 0 saturated carbocycles. The number of benzene rings is 3. The van der Waals surface area contributed by atoms with Crippen LogP contribution in [0.2, 0.25) is 5.02 Å². The van der Waals surface area contributed by atoms with Crippen molar-refractivity contribution in [2.75, 3.05) is 12.4 Å². The van der Waals surface area contributed by atoms with E-state index >= 15 is 0 Å². The Morgan fingerprint density at radius 2 is 1.71 bits per heavy atom. The normalized spacial score (nSPS) is 10.8. The molecule has 1 N–H and O–H groups in total. The molecule has 6 heteroatoms. The number of halogens is 1. The van der Waals surface area contributed by atoms with Crippen molar-refractivity contribution >= 4 is 40.1 Å². The molecule has 0 spiro atoms. The topological polar surface area (TPSA) is 60.3 Å². The van der Waals surface area contributed by atoms with Gasteiger partial charge in [0.2, 0.25) is 0 Å². The number of fused-ring (bicyclic) bond motifs is 1. The summed E-state index contributed by atoms with van der Waals surface area (Å²) in [5, 5.41) is 4.12. The van der Waals surface area contributed by atoms with E-state index in [0.29, 0.717) is 28.4 Å². The smallest absolute Gasteiger partial charge is 0.309 e. The molecule has 156 valence electrons. The largest absolute Gasteiger partial charge is 0.469 e. The van der Waals surface area contributed by atoms with Crippen LogP contribution in [0.15, 0.2) is 79.0 Å². The van der Waals surface area contributed by atoms with Crippen molar-refractivity contribution in [3.05, 3.63) is 101 Å². The number of rotatable bonds is 6. The van der Waals surface area contributed by atoms with E-state index in [9.17, 15) is 9.59 Å². The molecule has 5 nitrogen and oxygen atoms in total. The number of hydrogen-bond acceptors (Lipinski definition) is 3. The number of nitrogens with zero attached hydrogens (tertiary/aromatic N) is 1. The Bertz CT molecular complexity index is 1250. The van der Waals surface area contributed by atoms with Gasteiger partial charge in [-0.05, 0) is 29.3 Å². The third kappa shape index (κ3) is 4.62. The maximum absolute atomic E-state index is 13.1. The summed E-state index contributed by atoms with van der Waals surface area (Å²) in [7, 11) is 1.34. The number of nitrogens with one attached hydrogen (secondary N) is 1. The van der Waals surface area contributed by atoms with E-state index in [-0.39, 0.29) is 18.3 Å². The van der Waals surface area contributed by atoms with E-state index in [2.05, 4.69) is 26.8 Å². The van der Waals surface area contributed by atoms with Crippen LogP contribution in [0.1, 0.15) is 21.5 Å². The summed E-state index contributed by atoms with van der Waals surface area (Å²) in [5.74, 6) is -0.593. The Labute approximate surface area is 185 Å². The fraction of sp³-hybridized carbons (Fsp3) is 0.120. The number of hydrogen-bond donors (Lipinski definition) is 1. The summed E-state index contributed by atoms with van der Waals surface area (Å²) < 4.78 is 6.75. The standard InChI is InChI=1S/C25H21ClN2O3/c1-31-24(29)14-18-11-12-22(21(26)13-18)27-25(30)20-16-28(15-17-7-3-2-4-8-17)23-10-6-5-9-19(20)23/h2-13,16H,14-15H2,1H3,(H,27,30). The van der Waals surface area contributed by atoms with Gasteiger partial charge in [0.25, 0.3) is 5.91 Å². The zero-order valence-electron chi connectivity index (χ0n) is 17.0. The summed E-state index contributed by atoms with van der Waals surface area (Å²) in [6, 6.07) is 23.0. The van der Waals surface area contributed by atoms with Gasteiger partial charge in [-0.2, -0.15) is 0 Å². The molecule has 4 aromatic rings. The molecule has 0 radical (unpaired) electrons. The third-order valence-corrected chi connectivity index (χ3v) is 5.40. The van der Waals surface area contributed by atoms with Crippen molar-refractivity contribution in [2.24, 2.45) is 0 Å². The van der Waals surface area contributed by atoms with Crippen molar-refractivity contribution in [3.8, 4) is 0 Å². The number of ether oxygens (including phenoxy) is 1. The minimum absolute atomic E-state index is 0.122. The van der Waals surface area contributed by atoms with Crippen LogP contribution < -0.4 is 5.32 Å². The number of anilines is 1. The van der Waals surface area contributed by atoms with Gasteiger partial charge in [-0.25, -0.2) is 0 Å². The highest BCUT2D eigenvalue weighted by Crippen LogP contribution is 2.27. The average Bonchev–Trinajstić information content (AvgIpc) is 3.15. The number of carbonyl (C=O) groups excluding carboxylic acids is 2. The van der Waals surface area contributed by atoms with Crippen molar-refractivity contribution in [2.45, 2.75) is 13.0 Å². The van der Waals surface area contributed by atoms with Crippen LogP contribution in [0.3, 0.4) is 0 Å². The maximum atomic E-state index is 13.1. The first-order valence-electron chi connectivity index (χ1n) is 9.83. The first-order valence-corrected chi connectivity index (χ1v) is 10.2. The predicted octanol–water partition coefficient (Wildman–Crippen LogP) is 5.31. The van der Waals surface area contributed by atoms with Crippen molar-refractivity contribution in [3.63, 3.8) is 0 Å². The molecule has 0 bridgehead atoms. The molecule has 0 aliphatic rings. The molecule has 4 rings (SSSR count). The van der Waals surface area contributed by atoms with E-state index in [0.717, 1.165) is 16.5 Å². The summed E-state index contributed by atoms with van der Waals surface area (Å²) in [5.41, 5.74) is 3.91. The molecular weight excluding hydrogens is 412 g/mol. The highest BCUT2D eigenvalue weighted by molar-refractivity contribution is 6.34. The summed E-state index contributed by atoms with van der Waals surface area (Å²) in [6.07, 6.45) is 1.99. The van der Waals surface area contributed by atoms with Crippen LogP contribution in [-0.2, 0) is 22.5 Å². The lowest BCUT2D eigenvalue weighted by Crippen LogP contribution is -2.12. The van der Waals surface area contributed by atoms with Crippen LogP contribution in [0.4, 0.5) is 5.69 Å². The third-order valence-electron chi connectivity index (χ3n) is 5.09. The first kappa shape index (κ1) is 20.7. The lowest BCUT2D eigenvalue weighted by Gasteiger charge is -2.08. The molecule has 0 fully saturated rings. The molecule has 1 aromatic heterocycles. The molecule has 0 aliphatic carbocycles. The number of amides is 1. The minimum Gasteiger partial charge on any atom is -0.469 e. The Morgan fingerprint density at radius 3 is 2.45 bits per heavy atom. The van der Waals surface area contributed by atoms with Crippen molar-refractivity contribution < 1.29 is 14.3 Å². The fourth-order valence-corrected chi connectivity index (χ4v) is 3.79. The van der Waals surface area contributed by atoms with Crippen LogP contribution in [0, 0.1) is 0 Å². The summed E-state index contributed by atoms with van der Waals surface area (Å²) in [4.78, 5) is 24.6. The first-order chi connectivity index (χ1) is 15.0. The molecular formula is C25H21ClN2O3. The van der Waals surface area contributed by atoms with E-state index in [1.54, 1.807) is 18.2 Å². The van der Waals surface area contributed by atoms with E-state index < -0.39 is 0 Å². The van der Waals surface area contributed by atoms with Gasteiger partial charge in [-0.15, -0.1) is 0 Å². The van der Waals surface area contributed by atoms with E-state index in [4.69, 9.17) is 11.6 Å². The Morgan fingerprint density at radius 1 is 0.968 bits per heavy atom. The van der Waals surface area contributed by atoms with E-state index in [1.807, 2.05) is 48.7 Å². The van der Waals surface area contributed by atoms with Gasteiger partial charge >= 0.3 is 5.97 Å². The summed E-state index contributed by atoms with van der Waals surface area (Å²) in [6.45, 7) is 0.664. The van der Waals surface area contributed by atoms with Crippen LogP contribution in [0.5, 0.6) is 0 Å². The Kier molecular flexibility index (Phi) is 6.05. The molecule has 0 aliphatic heterocycles. The van der Waals surface area contributed by atoms with Crippen LogP contribution in [-0.4, -0.2) is 23.6 Å². The van der Waals surface area contributed by atoms with Gasteiger partial charge in [0, 0.05) is 23.6 Å². The van der Waals surface area contributed by atoms with Gasteiger partial charge < -0.3 is 14.6 Å². The SMILES string of the molecule is COC(=O)Cc1ccc(NC(=O)c2cn(Cc3ccccc3)c3ccccc23)c(Cl)c1. The minimum atomic E-state index is -0.348. The maximum Gasteiger partial charge on any atom is 0.309 e. The highest BCUT2D eigenvalue weighted by Gasteiger charge is 2.17. The number of aromatic nitrogens is 1. The van der Waals surface area contributed by atoms with Gasteiger partial charge in [-0.3, -0.25) is 9.59 Å². The van der Waals surface area contributed by atoms with Gasteiger partial charge in [-0.1, -0.05) is 66.2 Å². The predicted molar refractivity (Wildman–Crippen MR) is 123 cm³/mol. The lowest BCUT2D eigenvalue weighted by atomic mass is 10.1. The molecule has 31 heavy (non-hydrogen) atoms. The van der Waals surface area contributed by atoms with Gasteiger partial charge in [0.05, 0.1) is 29.8 Å². The monoisotopic (exact) mass is 432 g/mol. The van der Waals surface area contributed by atoms with Gasteiger partial charge in [0.1, 0.15) is 0 Å². The highest BCUT2D eigenvalue weighted by atomic mass is 35.5. The molecule has 0 unspecified atom stereocenters. The quantitative estimate of drug-likeness (QED) is 0.420. The number of para-hydroxylation sites is 1.